The maximum atomic E-state index is 12.3. The molecule has 4 rings (SSSR count). The zero-order chi connectivity index (χ0) is 20.1. The number of rotatable bonds is 6. The molecule has 6 nitrogen and oxygen atoms in total. The number of hydrogen-bond acceptors (Lipinski definition) is 5. The minimum atomic E-state index is -0.348. The van der Waals surface area contributed by atoms with Crippen molar-refractivity contribution in [3.63, 3.8) is 0 Å². The molecule has 1 N–H and O–H groups in total. The Morgan fingerprint density at radius 1 is 1.10 bits per heavy atom. The van der Waals surface area contributed by atoms with Gasteiger partial charge in [0.2, 0.25) is 5.82 Å². The van der Waals surface area contributed by atoms with E-state index in [4.69, 9.17) is 4.52 Å². The Hall–Kier alpha value is -3.15. The van der Waals surface area contributed by atoms with E-state index in [1.165, 1.54) is 24.1 Å². The monoisotopic (exact) mass is 390 g/mol. The zero-order valence-electron chi connectivity index (χ0n) is 16.7. The largest absolute Gasteiger partial charge is 0.372 e. The molecule has 0 radical (unpaired) electrons. The maximum Gasteiger partial charge on any atom is 0.316 e. The van der Waals surface area contributed by atoms with E-state index < -0.39 is 0 Å². The fourth-order valence-corrected chi connectivity index (χ4v) is 3.56. The first-order chi connectivity index (χ1) is 14.2. The summed E-state index contributed by atoms with van der Waals surface area (Å²) in [5.74, 6) is 0.875. The molecule has 1 aliphatic heterocycles. The number of nitrogens with zero attached hydrogens (tertiary/aromatic N) is 3. The number of piperidine rings is 1. The third-order valence-electron chi connectivity index (χ3n) is 5.44. The lowest BCUT2D eigenvalue weighted by Gasteiger charge is -2.32. The highest BCUT2D eigenvalue weighted by Crippen LogP contribution is 2.25. The smallest absolute Gasteiger partial charge is 0.316 e. The van der Waals surface area contributed by atoms with E-state index in [2.05, 4.69) is 39.4 Å². The van der Waals surface area contributed by atoms with E-state index in [0.717, 1.165) is 31.0 Å². The number of carbonyl (C=O) groups excluding carboxylic acids is 1. The zero-order valence-corrected chi connectivity index (χ0v) is 16.7. The van der Waals surface area contributed by atoms with Crippen LogP contribution in [-0.4, -0.2) is 35.7 Å². The van der Waals surface area contributed by atoms with Crippen molar-refractivity contribution in [3.05, 3.63) is 66.1 Å². The van der Waals surface area contributed by atoms with Crippen molar-refractivity contribution in [2.45, 2.75) is 26.2 Å². The molecule has 0 saturated carbocycles. The van der Waals surface area contributed by atoms with Crippen molar-refractivity contribution in [2.24, 2.45) is 5.92 Å². The van der Waals surface area contributed by atoms with E-state index in [0.29, 0.717) is 12.4 Å². The van der Waals surface area contributed by atoms with Gasteiger partial charge in [0.25, 0.3) is 0 Å². The lowest BCUT2D eigenvalue weighted by atomic mass is 9.98. The summed E-state index contributed by atoms with van der Waals surface area (Å²) in [6, 6.07) is 18.1. The second-order valence-electron chi connectivity index (χ2n) is 7.63. The van der Waals surface area contributed by atoms with Gasteiger partial charge in [0.05, 0.1) is 0 Å². The van der Waals surface area contributed by atoms with E-state index in [1.54, 1.807) is 0 Å². The number of carbonyl (C=O) groups is 1. The highest BCUT2D eigenvalue weighted by atomic mass is 16.5. The topological polar surface area (TPSA) is 71.3 Å². The summed E-state index contributed by atoms with van der Waals surface area (Å²) in [6.45, 7) is 5.02. The lowest BCUT2D eigenvalue weighted by molar-refractivity contribution is 0.0910. The second-order valence-corrected chi connectivity index (χ2v) is 7.63. The molecular formula is C23H26N4O2. The molecule has 1 saturated heterocycles. The van der Waals surface area contributed by atoms with Gasteiger partial charge in [-0.2, -0.15) is 4.98 Å². The van der Waals surface area contributed by atoms with Crippen LogP contribution in [0.15, 0.2) is 59.1 Å². The van der Waals surface area contributed by atoms with Gasteiger partial charge < -0.3 is 14.7 Å². The first-order valence-corrected chi connectivity index (χ1v) is 10.2. The van der Waals surface area contributed by atoms with Gasteiger partial charge in [-0.3, -0.25) is 4.79 Å². The Morgan fingerprint density at radius 3 is 2.55 bits per heavy atom. The van der Waals surface area contributed by atoms with Crippen LogP contribution in [-0.2, 0) is 6.42 Å². The molecule has 1 aromatic heterocycles. The van der Waals surface area contributed by atoms with Crippen LogP contribution in [0.1, 0.15) is 36.0 Å². The number of hydrogen-bond donors (Lipinski definition) is 1. The Labute approximate surface area is 170 Å². The van der Waals surface area contributed by atoms with Crippen LogP contribution in [0.25, 0.3) is 11.4 Å². The summed E-state index contributed by atoms with van der Waals surface area (Å²) < 4.78 is 5.16. The molecule has 0 bridgehead atoms. The van der Waals surface area contributed by atoms with Gasteiger partial charge in [-0.1, -0.05) is 42.4 Å². The molecular weight excluding hydrogens is 364 g/mol. The summed E-state index contributed by atoms with van der Waals surface area (Å²) in [7, 11) is 0. The highest BCUT2D eigenvalue weighted by Gasteiger charge is 2.18. The molecule has 0 spiro atoms. The Balaban J connectivity index is 1.34. The van der Waals surface area contributed by atoms with Crippen LogP contribution < -0.4 is 10.2 Å². The van der Waals surface area contributed by atoms with Crippen LogP contribution in [0.5, 0.6) is 0 Å². The fourth-order valence-electron chi connectivity index (χ4n) is 3.56. The van der Waals surface area contributed by atoms with Crippen molar-refractivity contribution in [1.29, 1.82) is 0 Å². The van der Waals surface area contributed by atoms with Crippen LogP contribution in [0.2, 0.25) is 0 Å². The Kier molecular flexibility index (Phi) is 5.89. The van der Waals surface area contributed by atoms with Crippen molar-refractivity contribution in [2.75, 3.05) is 24.5 Å². The molecule has 0 aliphatic carbocycles. The molecule has 150 valence electrons. The molecule has 0 unspecified atom stereocenters. The number of benzene rings is 2. The highest BCUT2D eigenvalue weighted by molar-refractivity contribution is 5.89. The summed E-state index contributed by atoms with van der Waals surface area (Å²) in [4.78, 5) is 18.9. The van der Waals surface area contributed by atoms with Gasteiger partial charge in [0.15, 0.2) is 0 Å². The summed E-state index contributed by atoms with van der Waals surface area (Å²) in [6.07, 6.45) is 3.22. The molecule has 1 fully saturated rings. The SMILES string of the molecule is CC1CCN(c2ccc(-c3noc(C(=O)NCCc4ccccc4)n3)cc2)CC1. The van der Waals surface area contributed by atoms with Crippen LogP contribution in [0.4, 0.5) is 5.69 Å². The molecule has 1 amide bonds. The molecule has 29 heavy (non-hydrogen) atoms. The summed E-state index contributed by atoms with van der Waals surface area (Å²) in [5.41, 5.74) is 3.22. The van der Waals surface area contributed by atoms with E-state index in [-0.39, 0.29) is 11.8 Å². The van der Waals surface area contributed by atoms with Crippen LogP contribution in [0.3, 0.4) is 0 Å². The van der Waals surface area contributed by atoms with Gasteiger partial charge in [0.1, 0.15) is 0 Å². The maximum absolute atomic E-state index is 12.3. The van der Waals surface area contributed by atoms with E-state index in [1.807, 2.05) is 42.5 Å². The quantitative estimate of drug-likeness (QED) is 0.690. The number of nitrogens with one attached hydrogen (secondary N) is 1. The van der Waals surface area contributed by atoms with Gasteiger partial charge in [-0.25, -0.2) is 0 Å². The lowest BCUT2D eigenvalue weighted by Crippen LogP contribution is -2.32. The molecule has 0 atom stereocenters. The van der Waals surface area contributed by atoms with Gasteiger partial charge >= 0.3 is 11.8 Å². The summed E-state index contributed by atoms with van der Waals surface area (Å²) in [5, 5.41) is 6.79. The normalized spacial score (nSPS) is 14.7. The molecule has 6 heteroatoms. The van der Waals surface area contributed by atoms with Crippen molar-refractivity contribution in [1.82, 2.24) is 15.5 Å². The molecule has 2 aromatic carbocycles. The van der Waals surface area contributed by atoms with Crippen molar-refractivity contribution < 1.29 is 9.32 Å². The van der Waals surface area contributed by atoms with Crippen molar-refractivity contribution in [3.8, 4) is 11.4 Å². The number of anilines is 1. The third kappa shape index (κ3) is 4.83. The van der Waals surface area contributed by atoms with E-state index in [9.17, 15) is 4.79 Å². The minimum absolute atomic E-state index is 0.0119. The average molecular weight is 390 g/mol. The first kappa shape index (κ1) is 19.2. The second kappa shape index (κ2) is 8.90. The third-order valence-corrected chi connectivity index (χ3v) is 5.44. The predicted octanol–water partition coefficient (Wildman–Crippen LogP) is 3.95. The fraction of sp³-hybridized carbons (Fsp3) is 0.348. The Bertz CT molecular complexity index is 929. The average Bonchev–Trinajstić information content (AvgIpc) is 3.26. The molecule has 3 aromatic rings. The Morgan fingerprint density at radius 2 is 1.83 bits per heavy atom. The molecule has 1 aliphatic rings. The van der Waals surface area contributed by atoms with Crippen LogP contribution >= 0.6 is 0 Å². The van der Waals surface area contributed by atoms with Crippen LogP contribution in [0, 0.1) is 5.92 Å². The predicted molar refractivity (Wildman–Crippen MR) is 113 cm³/mol. The van der Waals surface area contributed by atoms with Gasteiger partial charge in [-0.05, 0) is 55.0 Å². The number of aromatic nitrogens is 2. The first-order valence-electron chi connectivity index (χ1n) is 10.2. The standard InChI is InChI=1S/C23H26N4O2/c1-17-12-15-27(16-13-17)20-9-7-19(8-10-20)21-25-23(29-26-21)22(28)24-14-11-18-5-3-2-4-6-18/h2-10,17H,11-16H2,1H3,(H,24,28). The number of amides is 1. The molecule has 2 heterocycles. The minimum Gasteiger partial charge on any atom is -0.372 e. The van der Waals surface area contributed by atoms with Crippen molar-refractivity contribution >= 4 is 11.6 Å². The van der Waals surface area contributed by atoms with Gasteiger partial charge in [0, 0.05) is 30.9 Å². The summed E-state index contributed by atoms with van der Waals surface area (Å²) >= 11 is 0. The van der Waals surface area contributed by atoms with Gasteiger partial charge in [-0.15, -0.1) is 0 Å². The van der Waals surface area contributed by atoms with E-state index >= 15 is 0 Å².